The molecule has 0 bridgehead atoms. The van der Waals surface area contributed by atoms with E-state index >= 15 is 0 Å². The number of benzene rings is 1. The Morgan fingerprint density at radius 1 is 1.25 bits per heavy atom. The van der Waals surface area contributed by atoms with E-state index in [9.17, 15) is 0 Å². The van der Waals surface area contributed by atoms with E-state index in [1.54, 1.807) is 0 Å². The minimum absolute atomic E-state index is 0.237. The van der Waals surface area contributed by atoms with Crippen molar-refractivity contribution >= 4 is 0 Å². The highest BCUT2D eigenvalue weighted by molar-refractivity contribution is 5.37. The molecule has 2 aromatic rings. The number of rotatable bonds is 5. The lowest BCUT2D eigenvalue weighted by Crippen LogP contribution is -2.30. The molecule has 20 heavy (non-hydrogen) atoms. The summed E-state index contributed by atoms with van der Waals surface area (Å²) < 4.78 is 5.92. The van der Waals surface area contributed by atoms with Crippen LogP contribution in [0.3, 0.4) is 0 Å². The summed E-state index contributed by atoms with van der Waals surface area (Å²) in [7, 11) is 0. The quantitative estimate of drug-likeness (QED) is 0.905. The van der Waals surface area contributed by atoms with Crippen LogP contribution in [-0.4, -0.2) is 17.6 Å². The van der Waals surface area contributed by atoms with Crippen molar-refractivity contribution in [1.82, 2.24) is 10.3 Å². The third-order valence-corrected chi connectivity index (χ3v) is 3.74. The zero-order chi connectivity index (χ0) is 13.8. The Morgan fingerprint density at radius 3 is 3.00 bits per heavy atom. The van der Waals surface area contributed by atoms with Crippen molar-refractivity contribution in [1.29, 1.82) is 0 Å². The third-order valence-electron chi connectivity index (χ3n) is 3.74. The Labute approximate surface area is 120 Å². The van der Waals surface area contributed by atoms with Gasteiger partial charge in [-0.1, -0.05) is 31.2 Å². The second kappa shape index (κ2) is 6.06. The van der Waals surface area contributed by atoms with Crippen LogP contribution in [0.4, 0.5) is 0 Å². The van der Waals surface area contributed by atoms with E-state index in [1.807, 2.05) is 24.4 Å². The molecule has 1 N–H and O–H groups in total. The van der Waals surface area contributed by atoms with Gasteiger partial charge in [0, 0.05) is 25.7 Å². The molecule has 1 atom stereocenters. The van der Waals surface area contributed by atoms with Crippen molar-refractivity contribution in [2.24, 2.45) is 0 Å². The number of fused-ring (bicyclic) bond motifs is 1. The number of nitrogens with zero attached hydrogens (tertiary/aromatic N) is 1. The lowest BCUT2D eigenvalue weighted by atomic mass is 10.1. The van der Waals surface area contributed by atoms with Gasteiger partial charge in [0.2, 0.25) is 0 Å². The molecule has 3 nitrogen and oxygen atoms in total. The van der Waals surface area contributed by atoms with E-state index in [0.29, 0.717) is 0 Å². The van der Waals surface area contributed by atoms with Gasteiger partial charge in [0.15, 0.2) is 0 Å². The van der Waals surface area contributed by atoms with Gasteiger partial charge in [-0.2, -0.15) is 0 Å². The highest BCUT2D eigenvalue weighted by atomic mass is 16.5. The molecule has 0 spiro atoms. The van der Waals surface area contributed by atoms with Crippen LogP contribution in [0.25, 0.3) is 0 Å². The Hall–Kier alpha value is -1.87. The first-order valence-corrected chi connectivity index (χ1v) is 7.25. The van der Waals surface area contributed by atoms with E-state index in [1.165, 1.54) is 11.1 Å². The second-order valence-corrected chi connectivity index (χ2v) is 5.15. The first-order chi connectivity index (χ1) is 9.86. The Morgan fingerprint density at radius 2 is 2.15 bits per heavy atom. The van der Waals surface area contributed by atoms with E-state index in [2.05, 4.69) is 35.4 Å². The molecule has 0 amide bonds. The standard InChI is InChI=1S/C17H20N2O/c1-2-13-7-5-9-19-16(13)12-18-11-15-10-14-6-3-4-8-17(14)20-15/h3-9,15,18H,2,10-12H2,1H3. The fourth-order valence-electron chi connectivity index (χ4n) is 2.67. The van der Waals surface area contributed by atoms with Gasteiger partial charge in [-0.15, -0.1) is 0 Å². The van der Waals surface area contributed by atoms with Gasteiger partial charge in [0.05, 0.1) is 5.69 Å². The van der Waals surface area contributed by atoms with E-state index in [-0.39, 0.29) is 6.10 Å². The van der Waals surface area contributed by atoms with Crippen LogP contribution >= 0.6 is 0 Å². The predicted octanol–water partition coefficient (Wildman–Crippen LogP) is 2.74. The molecule has 0 aliphatic carbocycles. The largest absolute Gasteiger partial charge is 0.488 e. The topological polar surface area (TPSA) is 34.2 Å². The van der Waals surface area contributed by atoms with Crippen molar-refractivity contribution in [2.45, 2.75) is 32.4 Å². The van der Waals surface area contributed by atoms with Gasteiger partial charge < -0.3 is 10.1 Å². The highest BCUT2D eigenvalue weighted by Gasteiger charge is 2.21. The fourth-order valence-corrected chi connectivity index (χ4v) is 2.67. The summed E-state index contributed by atoms with van der Waals surface area (Å²) in [6, 6.07) is 12.4. The van der Waals surface area contributed by atoms with Gasteiger partial charge in [-0.05, 0) is 29.7 Å². The lowest BCUT2D eigenvalue weighted by Gasteiger charge is -2.13. The molecule has 104 valence electrons. The molecule has 1 aliphatic rings. The lowest BCUT2D eigenvalue weighted by molar-refractivity contribution is 0.227. The van der Waals surface area contributed by atoms with Gasteiger partial charge >= 0.3 is 0 Å². The van der Waals surface area contributed by atoms with Crippen LogP contribution in [0.15, 0.2) is 42.6 Å². The van der Waals surface area contributed by atoms with Gasteiger partial charge in [0.25, 0.3) is 0 Å². The average molecular weight is 268 g/mol. The summed E-state index contributed by atoms with van der Waals surface area (Å²) in [5.41, 5.74) is 3.77. The first kappa shape index (κ1) is 13.1. The molecule has 0 radical (unpaired) electrons. The van der Waals surface area contributed by atoms with Crippen molar-refractivity contribution in [3.05, 3.63) is 59.4 Å². The van der Waals surface area contributed by atoms with Crippen molar-refractivity contribution in [2.75, 3.05) is 6.54 Å². The van der Waals surface area contributed by atoms with E-state index < -0.39 is 0 Å². The summed E-state index contributed by atoms with van der Waals surface area (Å²) >= 11 is 0. The first-order valence-electron chi connectivity index (χ1n) is 7.25. The number of ether oxygens (including phenoxy) is 1. The molecular formula is C17H20N2O. The van der Waals surface area contributed by atoms with Gasteiger partial charge in [0.1, 0.15) is 11.9 Å². The number of aromatic nitrogens is 1. The number of pyridine rings is 1. The zero-order valence-corrected chi connectivity index (χ0v) is 11.8. The normalized spacial score (nSPS) is 16.8. The molecule has 0 saturated heterocycles. The summed E-state index contributed by atoms with van der Waals surface area (Å²) in [5, 5.41) is 3.47. The van der Waals surface area contributed by atoms with Crippen molar-refractivity contribution in [3.8, 4) is 5.75 Å². The van der Waals surface area contributed by atoms with Crippen LogP contribution < -0.4 is 10.1 Å². The van der Waals surface area contributed by atoms with Crippen LogP contribution in [0.5, 0.6) is 5.75 Å². The maximum Gasteiger partial charge on any atom is 0.123 e. The smallest absolute Gasteiger partial charge is 0.123 e. The minimum atomic E-state index is 0.237. The maximum atomic E-state index is 5.92. The molecule has 0 saturated carbocycles. The summed E-state index contributed by atoms with van der Waals surface area (Å²) in [6.45, 7) is 3.83. The fraction of sp³-hybridized carbons (Fsp3) is 0.353. The third kappa shape index (κ3) is 2.83. The minimum Gasteiger partial charge on any atom is -0.488 e. The van der Waals surface area contributed by atoms with Crippen molar-refractivity contribution < 1.29 is 4.74 Å². The second-order valence-electron chi connectivity index (χ2n) is 5.15. The van der Waals surface area contributed by atoms with Gasteiger partial charge in [-0.25, -0.2) is 0 Å². The SMILES string of the molecule is CCc1cccnc1CNCC1Cc2ccccc2O1. The predicted molar refractivity (Wildman–Crippen MR) is 79.9 cm³/mol. The van der Waals surface area contributed by atoms with Crippen LogP contribution in [0.2, 0.25) is 0 Å². The zero-order valence-electron chi connectivity index (χ0n) is 11.8. The molecular weight excluding hydrogens is 248 g/mol. The number of nitrogens with one attached hydrogen (secondary N) is 1. The Bertz CT molecular complexity index is 558. The van der Waals surface area contributed by atoms with Crippen LogP contribution in [0, 0.1) is 0 Å². The number of hydrogen-bond acceptors (Lipinski definition) is 3. The molecule has 3 rings (SSSR count). The van der Waals surface area contributed by atoms with E-state index in [0.717, 1.165) is 37.4 Å². The maximum absolute atomic E-state index is 5.92. The monoisotopic (exact) mass is 268 g/mol. The molecule has 0 fully saturated rings. The summed E-state index contributed by atoms with van der Waals surface area (Å²) in [5.74, 6) is 1.03. The number of hydrogen-bond donors (Lipinski definition) is 1. The highest BCUT2D eigenvalue weighted by Crippen LogP contribution is 2.27. The molecule has 1 aliphatic heterocycles. The Balaban J connectivity index is 1.52. The average Bonchev–Trinajstić information content (AvgIpc) is 2.90. The molecule has 1 unspecified atom stereocenters. The number of aryl methyl sites for hydroxylation is 1. The van der Waals surface area contributed by atoms with Gasteiger partial charge in [-0.3, -0.25) is 4.98 Å². The van der Waals surface area contributed by atoms with Crippen LogP contribution in [-0.2, 0) is 19.4 Å². The summed E-state index contributed by atoms with van der Waals surface area (Å²) in [4.78, 5) is 4.45. The molecule has 1 aromatic heterocycles. The molecule has 3 heteroatoms. The Kier molecular flexibility index (Phi) is 3.97. The molecule has 1 aromatic carbocycles. The summed E-state index contributed by atoms with van der Waals surface area (Å²) in [6.07, 6.45) is 4.11. The molecule has 2 heterocycles. The van der Waals surface area contributed by atoms with Crippen molar-refractivity contribution in [3.63, 3.8) is 0 Å². The van der Waals surface area contributed by atoms with E-state index in [4.69, 9.17) is 4.74 Å². The number of para-hydroxylation sites is 1. The van der Waals surface area contributed by atoms with Crippen LogP contribution in [0.1, 0.15) is 23.7 Å².